The lowest BCUT2D eigenvalue weighted by atomic mass is 9.79. The summed E-state index contributed by atoms with van der Waals surface area (Å²) in [5.74, 6) is 0.184. The third-order valence-electron chi connectivity index (χ3n) is 6.26. The van der Waals surface area contributed by atoms with Gasteiger partial charge >= 0.3 is 5.97 Å². The van der Waals surface area contributed by atoms with Gasteiger partial charge in [-0.3, -0.25) is 9.78 Å². The van der Waals surface area contributed by atoms with Crippen LogP contribution in [0.4, 0.5) is 5.82 Å². The number of carbonyl (C=O) groups excluding carboxylic acids is 1. The number of aromatic nitrogens is 2. The third kappa shape index (κ3) is 5.82. The zero-order valence-corrected chi connectivity index (χ0v) is 18.1. The van der Waals surface area contributed by atoms with Crippen LogP contribution in [0.2, 0.25) is 0 Å². The van der Waals surface area contributed by atoms with Crippen LogP contribution in [0.1, 0.15) is 53.7 Å². The van der Waals surface area contributed by atoms with Crippen LogP contribution in [0.5, 0.6) is 0 Å². The van der Waals surface area contributed by atoms with E-state index < -0.39 is 17.9 Å². The maximum atomic E-state index is 12.2. The van der Waals surface area contributed by atoms with Crippen molar-refractivity contribution < 1.29 is 19.4 Å². The molecule has 2 aromatic rings. The van der Waals surface area contributed by atoms with Crippen LogP contribution >= 0.6 is 0 Å². The largest absolute Gasteiger partial charge is 0.480 e. The summed E-state index contributed by atoms with van der Waals surface area (Å²) in [7, 11) is 0. The molecule has 4 rings (SSSR count). The van der Waals surface area contributed by atoms with Crippen molar-refractivity contribution in [3.05, 3.63) is 53.5 Å². The van der Waals surface area contributed by atoms with Gasteiger partial charge in [-0.25, -0.2) is 9.78 Å². The van der Waals surface area contributed by atoms with E-state index in [1.165, 1.54) is 24.4 Å². The Bertz CT molecular complexity index is 931. The van der Waals surface area contributed by atoms with Crippen LogP contribution in [-0.2, 0) is 22.4 Å². The van der Waals surface area contributed by atoms with Crippen LogP contribution in [0, 0.1) is 5.92 Å². The Morgan fingerprint density at radius 1 is 1.22 bits per heavy atom. The molecule has 8 heteroatoms. The SMILES string of the molecule is O=C(N[C@H](CCO[C@H]1C[C@H](CCc2ccc3c(n2)NCCC3)C1)C(=O)O)c1ccncc1. The lowest BCUT2D eigenvalue weighted by Gasteiger charge is -2.35. The second-order valence-electron chi connectivity index (χ2n) is 8.60. The summed E-state index contributed by atoms with van der Waals surface area (Å²) in [5, 5.41) is 15.3. The molecule has 2 aliphatic rings. The average Bonchev–Trinajstić information content (AvgIpc) is 2.79. The standard InChI is InChI=1S/C24H30N4O4/c29-23(18-7-11-25-12-8-18)28-21(24(30)31)9-13-32-20-14-16(15-20)3-5-19-6-4-17-2-1-10-26-22(17)27-19/h4,6-8,11-12,16,20-21H,1-3,5,9-10,13-15H2,(H,26,27)(H,28,29)(H,30,31)/t16-,20-,21-/m1/s1. The molecule has 0 aromatic carbocycles. The van der Waals surface area contributed by atoms with Gasteiger partial charge in [0.25, 0.3) is 5.91 Å². The van der Waals surface area contributed by atoms with Crippen LogP contribution in [-0.4, -0.2) is 52.2 Å². The van der Waals surface area contributed by atoms with Crippen LogP contribution in [0.25, 0.3) is 0 Å². The topological polar surface area (TPSA) is 113 Å². The van der Waals surface area contributed by atoms with Crippen molar-refractivity contribution in [1.29, 1.82) is 0 Å². The first-order chi connectivity index (χ1) is 15.6. The quantitative estimate of drug-likeness (QED) is 0.523. The van der Waals surface area contributed by atoms with Gasteiger partial charge in [-0.05, 0) is 68.2 Å². The minimum absolute atomic E-state index is 0.170. The van der Waals surface area contributed by atoms with Gasteiger partial charge in [-0.2, -0.15) is 0 Å². The van der Waals surface area contributed by atoms with E-state index in [1.54, 1.807) is 12.1 Å². The van der Waals surface area contributed by atoms with Crippen molar-refractivity contribution in [3.63, 3.8) is 0 Å². The van der Waals surface area contributed by atoms with Crippen LogP contribution in [0.3, 0.4) is 0 Å². The first-order valence-electron chi connectivity index (χ1n) is 11.4. The summed E-state index contributed by atoms with van der Waals surface area (Å²) in [4.78, 5) is 32.3. The minimum atomic E-state index is -1.06. The van der Waals surface area contributed by atoms with E-state index in [2.05, 4.69) is 27.8 Å². The number of aliphatic carboxylic acids is 1. The molecular formula is C24H30N4O4. The summed E-state index contributed by atoms with van der Waals surface area (Å²) in [6.07, 6.45) is 9.71. The molecular weight excluding hydrogens is 408 g/mol. The highest BCUT2D eigenvalue weighted by Gasteiger charge is 2.30. The maximum Gasteiger partial charge on any atom is 0.326 e. The van der Waals surface area contributed by atoms with E-state index >= 15 is 0 Å². The molecule has 8 nitrogen and oxygen atoms in total. The number of nitrogens with one attached hydrogen (secondary N) is 2. The molecule has 0 radical (unpaired) electrons. The highest BCUT2D eigenvalue weighted by atomic mass is 16.5. The van der Waals surface area contributed by atoms with E-state index in [9.17, 15) is 14.7 Å². The number of rotatable bonds is 10. The summed E-state index contributed by atoms with van der Waals surface area (Å²) in [5.41, 5.74) is 2.84. The molecule has 1 amide bonds. The molecule has 3 heterocycles. The van der Waals surface area contributed by atoms with Gasteiger partial charge in [0.2, 0.25) is 0 Å². The van der Waals surface area contributed by atoms with E-state index in [-0.39, 0.29) is 12.5 Å². The van der Waals surface area contributed by atoms with E-state index in [0.29, 0.717) is 18.1 Å². The molecule has 1 atom stereocenters. The predicted octanol–water partition coefficient (Wildman–Crippen LogP) is 2.84. The molecule has 0 saturated heterocycles. The van der Waals surface area contributed by atoms with E-state index in [4.69, 9.17) is 9.72 Å². The fraction of sp³-hybridized carbons (Fsp3) is 0.500. The van der Waals surface area contributed by atoms with Crippen LogP contribution < -0.4 is 10.6 Å². The molecule has 1 aliphatic carbocycles. The number of aryl methyl sites for hydroxylation is 2. The normalized spacial score (nSPS) is 20.4. The van der Waals surface area contributed by atoms with Gasteiger partial charge in [0, 0.05) is 43.2 Å². The monoisotopic (exact) mass is 438 g/mol. The molecule has 1 aliphatic heterocycles. The summed E-state index contributed by atoms with van der Waals surface area (Å²) < 4.78 is 5.85. The number of carboxylic acid groups (broad SMARTS) is 1. The van der Waals surface area contributed by atoms with Crippen molar-refractivity contribution in [2.75, 3.05) is 18.5 Å². The molecule has 0 spiro atoms. The first-order valence-corrected chi connectivity index (χ1v) is 11.4. The number of pyridine rings is 2. The summed E-state index contributed by atoms with van der Waals surface area (Å²) in [6, 6.07) is 6.47. The number of carboxylic acids is 1. The zero-order chi connectivity index (χ0) is 22.3. The van der Waals surface area contributed by atoms with Gasteiger partial charge in [0.15, 0.2) is 0 Å². The van der Waals surface area contributed by atoms with Crippen molar-refractivity contribution in [1.82, 2.24) is 15.3 Å². The molecule has 2 aromatic heterocycles. The Morgan fingerprint density at radius 2 is 2.03 bits per heavy atom. The first kappa shape index (κ1) is 22.2. The smallest absolute Gasteiger partial charge is 0.326 e. The van der Waals surface area contributed by atoms with Gasteiger partial charge in [-0.1, -0.05) is 6.07 Å². The van der Waals surface area contributed by atoms with Crippen molar-refractivity contribution in [2.24, 2.45) is 5.92 Å². The zero-order valence-electron chi connectivity index (χ0n) is 18.1. The third-order valence-corrected chi connectivity index (χ3v) is 6.26. The Labute approximate surface area is 187 Å². The van der Waals surface area contributed by atoms with Gasteiger partial charge < -0.3 is 20.5 Å². The summed E-state index contributed by atoms with van der Waals surface area (Å²) >= 11 is 0. The fourth-order valence-electron chi connectivity index (χ4n) is 4.26. The number of ether oxygens (including phenoxy) is 1. The number of nitrogens with zero attached hydrogens (tertiary/aromatic N) is 2. The Hall–Kier alpha value is -3.00. The molecule has 170 valence electrons. The lowest BCUT2D eigenvalue weighted by Crippen LogP contribution is -2.42. The molecule has 3 N–H and O–H groups in total. The van der Waals surface area contributed by atoms with Crippen molar-refractivity contribution in [2.45, 2.75) is 57.1 Å². The number of amides is 1. The Balaban J connectivity index is 1.14. The molecule has 0 bridgehead atoms. The number of carbonyl (C=O) groups is 2. The van der Waals surface area contributed by atoms with Gasteiger partial charge in [0.05, 0.1) is 6.10 Å². The highest BCUT2D eigenvalue weighted by Crippen LogP contribution is 2.34. The second kappa shape index (κ2) is 10.5. The number of fused-ring (bicyclic) bond motifs is 1. The maximum absolute atomic E-state index is 12.2. The lowest BCUT2D eigenvalue weighted by molar-refractivity contribution is -0.140. The molecule has 32 heavy (non-hydrogen) atoms. The minimum Gasteiger partial charge on any atom is -0.480 e. The van der Waals surface area contributed by atoms with Gasteiger partial charge in [0.1, 0.15) is 11.9 Å². The van der Waals surface area contributed by atoms with Crippen molar-refractivity contribution >= 4 is 17.7 Å². The van der Waals surface area contributed by atoms with Crippen molar-refractivity contribution in [3.8, 4) is 0 Å². The fourth-order valence-corrected chi connectivity index (χ4v) is 4.26. The van der Waals surface area contributed by atoms with E-state index in [0.717, 1.165) is 50.2 Å². The Kier molecular flexibility index (Phi) is 7.32. The Morgan fingerprint density at radius 3 is 2.81 bits per heavy atom. The molecule has 0 unspecified atom stereocenters. The second-order valence-corrected chi connectivity index (χ2v) is 8.60. The average molecular weight is 439 g/mol. The summed E-state index contributed by atoms with van der Waals surface area (Å²) in [6.45, 7) is 1.31. The predicted molar refractivity (Wildman–Crippen MR) is 120 cm³/mol. The molecule has 1 fully saturated rings. The molecule has 1 saturated carbocycles. The number of hydrogen-bond acceptors (Lipinski definition) is 6. The van der Waals surface area contributed by atoms with Gasteiger partial charge in [-0.15, -0.1) is 0 Å². The number of hydrogen-bond donors (Lipinski definition) is 3. The van der Waals surface area contributed by atoms with Crippen LogP contribution in [0.15, 0.2) is 36.7 Å². The highest BCUT2D eigenvalue weighted by molar-refractivity contribution is 5.96. The van der Waals surface area contributed by atoms with E-state index in [1.807, 2.05) is 0 Å². The number of anilines is 1.